The molecule has 0 unspecified atom stereocenters. The van der Waals surface area contributed by atoms with Crippen molar-refractivity contribution in [2.75, 3.05) is 0 Å². The molecule has 0 spiro atoms. The van der Waals surface area contributed by atoms with Crippen molar-refractivity contribution in [2.45, 2.75) is 43.6 Å². The fourth-order valence-corrected chi connectivity index (χ4v) is 3.02. The summed E-state index contributed by atoms with van der Waals surface area (Å²) in [5, 5.41) is 20.6. The summed E-state index contributed by atoms with van der Waals surface area (Å²) in [6.07, 6.45) is 3.89. The van der Waals surface area contributed by atoms with Gasteiger partial charge in [-0.25, -0.2) is 0 Å². The van der Waals surface area contributed by atoms with Crippen molar-refractivity contribution in [3.05, 3.63) is 34.9 Å². The lowest BCUT2D eigenvalue weighted by molar-refractivity contribution is -0.147. The van der Waals surface area contributed by atoms with Crippen molar-refractivity contribution in [2.24, 2.45) is 0 Å². The van der Waals surface area contributed by atoms with Gasteiger partial charge in [-0.1, -0.05) is 43.0 Å². The fourth-order valence-electron chi connectivity index (χ4n) is 2.82. The lowest BCUT2D eigenvalue weighted by atomic mass is 9.73. The Hall–Kier alpha value is -1.06. The van der Waals surface area contributed by atoms with Crippen molar-refractivity contribution in [1.82, 2.24) is 0 Å². The zero-order valence-corrected chi connectivity index (χ0v) is 10.9. The predicted molar refractivity (Wildman–Crippen MR) is 69.9 cm³/mol. The minimum Gasteiger partial charge on any atom is -0.481 e. The van der Waals surface area contributed by atoms with Crippen LogP contribution >= 0.6 is 11.6 Å². The molecule has 0 radical (unpaired) electrons. The van der Waals surface area contributed by atoms with Gasteiger partial charge in [-0.05, 0) is 30.5 Å². The number of benzene rings is 1. The lowest BCUT2D eigenvalue weighted by Gasteiger charge is -2.37. The molecule has 4 heteroatoms. The van der Waals surface area contributed by atoms with E-state index in [1.54, 1.807) is 24.3 Å². The summed E-state index contributed by atoms with van der Waals surface area (Å²) < 4.78 is 0. The highest BCUT2D eigenvalue weighted by Crippen LogP contribution is 2.40. The van der Waals surface area contributed by atoms with Gasteiger partial charge in [-0.2, -0.15) is 0 Å². The summed E-state index contributed by atoms with van der Waals surface area (Å²) in [7, 11) is 0. The molecule has 0 saturated heterocycles. The van der Waals surface area contributed by atoms with Crippen molar-refractivity contribution in [3.8, 4) is 0 Å². The smallest absolute Gasteiger partial charge is 0.313 e. The average Bonchev–Trinajstić information content (AvgIpc) is 2.29. The highest BCUT2D eigenvalue weighted by atomic mass is 35.5. The molecule has 0 amide bonds. The molecule has 2 N–H and O–H groups in total. The van der Waals surface area contributed by atoms with Crippen LogP contribution in [-0.4, -0.2) is 21.8 Å². The summed E-state index contributed by atoms with van der Waals surface area (Å²) >= 11 is 5.90. The Morgan fingerprint density at radius 3 is 2.50 bits per heavy atom. The van der Waals surface area contributed by atoms with Gasteiger partial charge in [0.1, 0.15) is 5.92 Å². The van der Waals surface area contributed by atoms with Gasteiger partial charge < -0.3 is 10.2 Å². The Bertz CT molecular complexity index is 438. The number of carboxylic acid groups (broad SMARTS) is 1. The zero-order chi connectivity index (χ0) is 13.2. The van der Waals surface area contributed by atoms with E-state index in [0.29, 0.717) is 23.4 Å². The van der Waals surface area contributed by atoms with E-state index >= 15 is 0 Å². The topological polar surface area (TPSA) is 57.5 Å². The second kappa shape index (κ2) is 5.29. The van der Waals surface area contributed by atoms with E-state index in [2.05, 4.69) is 0 Å². The third kappa shape index (κ3) is 2.68. The molecule has 1 aliphatic carbocycles. The average molecular weight is 269 g/mol. The van der Waals surface area contributed by atoms with Gasteiger partial charge in [0.2, 0.25) is 0 Å². The van der Waals surface area contributed by atoms with Crippen molar-refractivity contribution < 1.29 is 15.0 Å². The zero-order valence-electron chi connectivity index (χ0n) is 10.1. The minimum atomic E-state index is -1.14. The SMILES string of the molecule is O=C(O)[C@H](c1cccc(Cl)c1)C1(O)CCCCC1. The molecule has 1 fully saturated rings. The van der Waals surface area contributed by atoms with Gasteiger partial charge in [-0.3, -0.25) is 4.79 Å². The molecule has 1 aromatic carbocycles. The molecule has 1 aliphatic rings. The van der Waals surface area contributed by atoms with E-state index in [-0.39, 0.29) is 0 Å². The molecular formula is C14H17ClO3. The number of carbonyl (C=O) groups is 1. The van der Waals surface area contributed by atoms with Crippen molar-refractivity contribution in [1.29, 1.82) is 0 Å². The normalized spacial score (nSPS) is 20.3. The van der Waals surface area contributed by atoms with Crippen LogP contribution in [0.15, 0.2) is 24.3 Å². The van der Waals surface area contributed by atoms with Crippen LogP contribution in [0.3, 0.4) is 0 Å². The number of hydrogen-bond donors (Lipinski definition) is 2. The van der Waals surface area contributed by atoms with Gasteiger partial charge in [0.05, 0.1) is 5.60 Å². The van der Waals surface area contributed by atoms with E-state index < -0.39 is 17.5 Å². The molecule has 2 rings (SSSR count). The first-order chi connectivity index (χ1) is 8.53. The summed E-state index contributed by atoms with van der Waals surface area (Å²) in [5.74, 6) is -1.88. The van der Waals surface area contributed by atoms with Crippen LogP contribution in [-0.2, 0) is 4.79 Å². The maximum atomic E-state index is 11.5. The summed E-state index contributed by atoms with van der Waals surface area (Å²) in [6.45, 7) is 0. The molecule has 0 bridgehead atoms. The maximum absolute atomic E-state index is 11.5. The maximum Gasteiger partial charge on any atom is 0.313 e. The highest BCUT2D eigenvalue weighted by Gasteiger charge is 2.43. The van der Waals surface area contributed by atoms with Crippen molar-refractivity contribution >= 4 is 17.6 Å². The summed E-state index contributed by atoms with van der Waals surface area (Å²) in [6, 6.07) is 6.78. The molecule has 1 atom stereocenters. The molecule has 0 aromatic heterocycles. The Kier molecular flexibility index (Phi) is 3.93. The van der Waals surface area contributed by atoms with Crippen LogP contribution in [0.2, 0.25) is 5.02 Å². The number of carboxylic acids is 1. The van der Waals surface area contributed by atoms with E-state index in [4.69, 9.17) is 11.6 Å². The molecule has 98 valence electrons. The van der Waals surface area contributed by atoms with Gasteiger partial charge in [0.25, 0.3) is 0 Å². The second-order valence-corrected chi connectivity index (χ2v) is 5.43. The largest absolute Gasteiger partial charge is 0.481 e. The minimum absolute atomic E-state index is 0.498. The van der Waals surface area contributed by atoms with Crippen LogP contribution in [0.4, 0.5) is 0 Å². The van der Waals surface area contributed by atoms with Crippen LogP contribution < -0.4 is 0 Å². The number of aliphatic hydroxyl groups is 1. The molecule has 0 heterocycles. The summed E-state index contributed by atoms with van der Waals surface area (Å²) in [4.78, 5) is 11.5. The van der Waals surface area contributed by atoms with Gasteiger partial charge in [-0.15, -0.1) is 0 Å². The van der Waals surface area contributed by atoms with E-state index in [0.717, 1.165) is 19.3 Å². The molecule has 1 aromatic rings. The van der Waals surface area contributed by atoms with E-state index in [1.165, 1.54) is 0 Å². The number of aliphatic carboxylic acids is 1. The molecule has 0 aliphatic heterocycles. The standard InChI is InChI=1S/C14H17ClO3/c15-11-6-4-5-10(9-11)12(13(16)17)14(18)7-2-1-3-8-14/h4-6,9,12,18H,1-3,7-8H2,(H,16,17)/t12-/m0/s1. The first-order valence-corrected chi connectivity index (χ1v) is 6.61. The first-order valence-electron chi connectivity index (χ1n) is 6.23. The number of hydrogen-bond acceptors (Lipinski definition) is 2. The van der Waals surface area contributed by atoms with Crippen LogP contribution in [0.1, 0.15) is 43.6 Å². The number of halogens is 1. The molecular weight excluding hydrogens is 252 g/mol. The second-order valence-electron chi connectivity index (χ2n) is 4.99. The first kappa shape index (κ1) is 13.4. The third-order valence-electron chi connectivity index (χ3n) is 3.69. The molecule has 1 saturated carbocycles. The fraction of sp³-hybridized carbons (Fsp3) is 0.500. The predicted octanol–water partition coefficient (Wildman–Crippen LogP) is 3.20. The van der Waals surface area contributed by atoms with Crippen LogP contribution in [0.25, 0.3) is 0 Å². The lowest BCUT2D eigenvalue weighted by Crippen LogP contribution is -2.42. The Labute approximate surface area is 111 Å². The number of rotatable bonds is 3. The molecule has 3 nitrogen and oxygen atoms in total. The Morgan fingerprint density at radius 1 is 1.28 bits per heavy atom. The molecule has 18 heavy (non-hydrogen) atoms. The van der Waals surface area contributed by atoms with Crippen molar-refractivity contribution in [3.63, 3.8) is 0 Å². The van der Waals surface area contributed by atoms with E-state index in [1.807, 2.05) is 0 Å². The Morgan fingerprint density at radius 2 is 1.94 bits per heavy atom. The van der Waals surface area contributed by atoms with Gasteiger partial charge >= 0.3 is 5.97 Å². The Balaban J connectivity index is 2.36. The highest BCUT2D eigenvalue weighted by molar-refractivity contribution is 6.30. The third-order valence-corrected chi connectivity index (χ3v) is 3.92. The monoisotopic (exact) mass is 268 g/mol. The van der Waals surface area contributed by atoms with Crippen LogP contribution in [0, 0.1) is 0 Å². The summed E-state index contributed by atoms with van der Waals surface area (Å²) in [5.41, 5.74) is -0.561. The van der Waals surface area contributed by atoms with Gasteiger partial charge in [0, 0.05) is 5.02 Å². The quantitative estimate of drug-likeness (QED) is 0.885. The van der Waals surface area contributed by atoms with Crippen LogP contribution in [0.5, 0.6) is 0 Å². The van der Waals surface area contributed by atoms with E-state index in [9.17, 15) is 15.0 Å². The van der Waals surface area contributed by atoms with Gasteiger partial charge in [0.15, 0.2) is 0 Å².